The molecule has 74 heavy (non-hydrogen) atoms. The maximum Gasteiger partial charge on any atom is 0.261 e. The van der Waals surface area contributed by atoms with Gasteiger partial charge in [0.15, 0.2) is 0 Å². The third kappa shape index (κ3) is 5.09. The Kier molecular flexibility index (Phi) is 8.48. The van der Waals surface area contributed by atoms with Gasteiger partial charge in [0.1, 0.15) is 0 Å². The van der Waals surface area contributed by atoms with Crippen LogP contribution in [0.4, 0.5) is 0 Å². The van der Waals surface area contributed by atoms with Crippen LogP contribution in [-0.4, -0.2) is 100 Å². The summed E-state index contributed by atoms with van der Waals surface area (Å²) in [6.07, 6.45) is 4.70. The minimum absolute atomic E-state index is 0.0396. The van der Waals surface area contributed by atoms with Gasteiger partial charge in [-0.05, 0) is 99.2 Å². The van der Waals surface area contributed by atoms with E-state index in [-0.39, 0.29) is 126 Å². The number of rotatable bonds is 0. The van der Waals surface area contributed by atoms with Crippen molar-refractivity contribution in [3.63, 3.8) is 0 Å². The topological polar surface area (TPSA) is 228 Å². The monoisotopic (exact) mass is 988 g/mol. The number of nitrogens with zero attached hydrogens (tertiary/aromatic N) is 6. The van der Waals surface area contributed by atoms with Gasteiger partial charge in [-0.15, -0.1) is 0 Å². The predicted molar refractivity (Wildman–Crippen MR) is 263 cm³/mol. The van der Waals surface area contributed by atoms with E-state index in [1.807, 2.05) is 0 Å². The summed E-state index contributed by atoms with van der Waals surface area (Å²) in [7, 11) is 0. The maximum atomic E-state index is 15.0. The molecule has 18 heteroatoms. The molecule has 7 aromatic rings. The summed E-state index contributed by atoms with van der Waals surface area (Å²) < 4.78 is 2.06. The normalized spacial score (nSPS) is 25.2. The van der Waals surface area contributed by atoms with Crippen LogP contribution in [0.25, 0.3) is 43.1 Å². The summed E-state index contributed by atoms with van der Waals surface area (Å²) >= 11 is 0. The Bertz CT molecular complexity index is 3750. The molecule has 366 valence electrons. The van der Waals surface area contributed by atoms with Gasteiger partial charge in [0.05, 0.1) is 57.8 Å². The number of aromatic nitrogens is 2. The number of imide groups is 4. The second kappa shape index (κ2) is 14.6. The summed E-state index contributed by atoms with van der Waals surface area (Å²) in [4.78, 5) is 183. The van der Waals surface area contributed by atoms with E-state index in [2.05, 4.69) is 0 Å². The van der Waals surface area contributed by atoms with Gasteiger partial charge in [-0.1, -0.05) is 38.5 Å². The highest BCUT2D eigenvalue weighted by molar-refractivity contribution is 6.35. The molecule has 0 saturated heterocycles. The summed E-state index contributed by atoms with van der Waals surface area (Å²) in [5, 5.41) is -0.0824. The Morgan fingerprint density at radius 3 is 0.635 bits per heavy atom. The van der Waals surface area contributed by atoms with Gasteiger partial charge >= 0.3 is 0 Å². The standard InChI is InChI=1S/C56H40N6O12/c63-45-23-13-17-27-43-28-18-14-24(41(23)43)46(64)57(45)35-7-1-2-8-36(35)58-47(65)25-15-19-29-44-30(20-16-26(42(25)44)48(58)66)52(70)60(51(29)69)38-10-4-6-12-40(38)62-55(73)33-21-31-32(22-34(33)56(62)74)54(72)61(53(31)71)39-11-5-3-9-37(39)59(49(27)67)50(28)68/h13-22,35-40H,1-12H2/t35-,36?,37-,38-,39-,40?/m1/s1. The molecule has 3 aliphatic carbocycles. The lowest BCUT2D eigenvalue weighted by atomic mass is 9.80. The van der Waals surface area contributed by atoms with E-state index in [1.54, 1.807) is 0 Å². The minimum atomic E-state index is -1.00. The van der Waals surface area contributed by atoms with Gasteiger partial charge in [-0.25, -0.2) is 0 Å². The third-order valence-electron chi connectivity index (χ3n) is 17.9. The first-order chi connectivity index (χ1) is 35.8. The van der Waals surface area contributed by atoms with E-state index in [4.69, 9.17) is 0 Å². The average molecular weight is 989 g/mol. The fourth-order valence-electron chi connectivity index (χ4n) is 14.7. The Balaban J connectivity index is 0.960. The Morgan fingerprint density at radius 2 is 0.432 bits per heavy atom. The summed E-state index contributed by atoms with van der Waals surface area (Å²) in [6, 6.07) is 7.97. The van der Waals surface area contributed by atoms with Crippen molar-refractivity contribution in [3.05, 3.63) is 147 Å². The van der Waals surface area contributed by atoms with Gasteiger partial charge in [0.2, 0.25) is 0 Å². The molecule has 30 rings (SSSR count). The van der Waals surface area contributed by atoms with Crippen LogP contribution in [0, 0.1) is 0 Å². The van der Waals surface area contributed by atoms with Crippen LogP contribution in [0.1, 0.15) is 172 Å². The third-order valence-corrected chi connectivity index (χ3v) is 17.9. The van der Waals surface area contributed by atoms with Crippen LogP contribution in [0.5, 0.6) is 0 Å². The largest absolute Gasteiger partial charge is 0.269 e. The molecule has 2 unspecified atom stereocenters. The molecule has 18 nitrogen and oxygen atoms in total. The number of carbonyl (C=O) groups excluding carboxylic acids is 8. The molecule has 20 aliphatic heterocycles. The Labute approximate surface area is 416 Å². The van der Waals surface area contributed by atoms with Crippen LogP contribution >= 0.6 is 0 Å². The van der Waals surface area contributed by atoms with Crippen molar-refractivity contribution >= 4 is 90.3 Å². The van der Waals surface area contributed by atoms with Crippen LogP contribution in [0.3, 0.4) is 0 Å². The van der Waals surface area contributed by atoms with Gasteiger partial charge in [-0.3, -0.25) is 86.3 Å². The number of hydrogen-bond donors (Lipinski definition) is 0. The van der Waals surface area contributed by atoms with E-state index >= 15 is 0 Å². The van der Waals surface area contributed by atoms with Crippen molar-refractivity contribution in [2.45, 2.75) is 113 Å². The molecule has 0 N–H and O–H groups in total. The molecule has 0 radical (unpaired) electrons. The fraction of sp³-hybridized carbons (Fsp3) is 0.321. The second-order valence-electron chi connectivity index (χ2n) is 21.2. The van der Waals surface area contributed by atoms with E-state index in [0.29, 0.717) is 38.5 Å². The van der Waals surface area contributed by atoms with Crippen molar-refractivity contribution in [2.24, 2.45) is 0 Å². The molecule has 5 aromatic carbocycles. The maximum absolute atomic E-state index is 15.0. The van der Waals surface area contributed by atoms with Gasteiger partial charge in [-0.2, -0.15) is 0 Å². The highest BCUT2D eigenvalue weighted by Crippen LogP contribution is 2.46. The van der Waals surface area contributed by atoms with Gasteiger partial charge < -0.3 is 0 Å². The summed E-state index contributed by atoms with van der Waals surface area (Å²) in [6.45, 7) is 0. The van der Waals surface area contributed by atoms with Crippen molar-refractivity contribution in [2.75, 3.05) is 0 Å². The van der Waals surface area contributed by atoms with Crippen LogP contribution in [0.15, 0.2) is 79.8 Å². The van der Waals surface area contributed by atoms with Gasteiger partial charge in [0, 0.05) is 66.1 Å². The fourth-order valence-corrected chi connectivity index (χ4v) is 14.7. The number of benzene rings is 5. The lowest BCUT2D eigenvalue weighted by Crippen LogP contribution is -2.61. The molecule has 22 heterocycles. The Hall–Kier alpha value is -8.54. The Morgan fingerprint density at radius 1 is 0.257 bits per heavy atom. The molecule has 8 amide bonds. The molecule has 0 spiro atoms. The van der Waals surface area contributed by atoms with Crippen molar-refractivity contribution in [1.29, 1.82) is 0 Å². The first kappa shape index (κ1) is 43.1. The lowest BCUT2D eigenvalue weighted by Gasteiger charge is -2.46. The first-order valence-electron chi connectivity index (χ1n) is 25.4. The van der Waals surface area contributed by atoms with E-state index in [9.17, 15) is 57.5 Å². The zero-order chi connectivity index (χ0) is 50.7. The number of carbonyl (C=O) groups is 8. The quantitative estimate of drug-likeness (QED) is 0.177. The number of hydrogen-bond acceptors (Lipinski definition) is 12. The van der Waals surface area contributed by atoms with Crippen LogP contribution in [-0.2, 0) is 0 Å². The zero-order valence-corrected chi connectivity index (χ0v) is 39.3. The molecule has 3 fully saturated rings. The SMILES string of the molecule is O=C1c2ccc3c4c5ccc(c24)C(=O)N1C1CCCC[C@H]1N1C(=O)c2ccc4c6c(ccc(c26)C1=O)C(=O)N(C4=O)[C@@H]1CCCC[C@H]1n1c(=O)c2cc4c(=O)n(c(=O)c4cc2c1=O)C1CCCC[C@H]1N(C3=O)C5=O. The van der Waals surface area contributed by atoms with E-state index in [0.717, 1.165) is 28.7 Å². The smallest absolute Gasteiger partial charge is 0.261 e. The number of amides is 8. The molecular formula is C56H40N6O12. The molecule has 2 aromatic heterocycles. The van der Waals surface area contributed by atoms with Crippen molar-refractivity contribution < 1.29 is 38.4 Å². The minimum Gasteiger partial charge on any atom is -0.269 e. The predicted octanol–water partition coefficient (Wildman–Crippen LogP) is 5.30. The van der Waals surface area contributed by atoms with E-state index in [1.165, 1.54) is 60.7 Å². The lowest BCUT2D eigenvalue weighted by molar-refractivity contribution is 0.0241. The highest BCUT2D eigenvalue weighted by Gasteiger charge is 2.52. The second-order valence-corrected chi connectivity index (χ2v) is 21.2. The molecule has 3 saturated carbocycles. The molecule has 6 atom stereocenters. The average Bonchev–Trinajstić information content (AvgIpc) is 3.89. The highest BCUT2D eigenvalue weighted by atomic mass is 16.2. The molecule has 23 aliphatic rings. The van der Waals surface area contributed by atoms with Crippen LogP contribution in [0.2, 0.25) is 0 Å². The molecular weight excluding hydrogens is 949 g/mol. The van der Waals surface area contributed by atoms with E-state index < -0.39 is 106 Å². The van der Waals surface area contributed by atoms with Crippen molar-refractivity contribution in [1.82, 2.24) is 28.7 Å². The van der Waals surface area contributed by atoms with Gasteiger partial charge in [0.25, 0.3) is 69.5 Å². The summed E-state index contributed by atoms with van der Waals surface area (Å²) in [5.41, 5.74) is -2.73. The van der Waals surface area contributed by atoms with Crippen LogP contribution < -0.4 is 22.2 Å². The zero-order valence-electron chi connectivity index (χ0n) is 39.3. The summed E-state index contributed by atoms with van der Waals surface area (Å²) in [5.74, 6) is -5.87. The molecule has 22 bridgehead atoms. The van der Waals surface area contributed by atoms with Crippen molar-refractivity contribution in [3.8, 4) is 0 Å². The first-order valence-corrected chi connectivity index (χ1v) is 25.4.